The number of hydrogen-bond donors (Lipinski definition) is 1. The summed E-state index contributed by atoms with van der Waals surface area (Å²) in [6.07, 6.45) is 6.94. The maximum atomic E-state index is 12.2. The van der Waals surface area contributed by atoms with Gasteiger partial charge in [0.05, 0.1) is 6.61 Å². The van der Waals surface area contributed by atoms with Crippen molar-refractivity contribution in [1.29, 1.82) is 0 Å². The van der Waals surface area contributed by atoms with Gasteiger partial charge in [0.25, 0.3) is 5.91 Å². The number of carbonyl (C=O) groups is 1. The van der Waals surface area contributed by atoms with Crippen LogP contribution in [0, 0.1) is 12.3 Å². The first kappa shape index (κ1) is 16.8. The fourth-order valence-corrected chi connectivity index (χ4v) is 2.47. The van der Waals surface area contributed by atoms with E-state index in [0.717, 1.165) is 5.56 Å². The zero-order valence-corrected chi connectivity index (χ0v) is 13.9. The van der Waals surface area contributed by atoms with Crippen LogP contribution in [0.1, 0.15) is 19.4 Å². The maximum absolute atomic E-state index is 12.2. The fraction of sp³-hybridized carbons (Fsp3) is 0.294. The number of ether oxygens (including phenoxy) is 2. The van der Waals surface area contributed by atoms with Crippen LogP contribution >= 0.6 is 12.2 Å². The van der Waals surface area contributed by atoms with Gasteiger partial charge in [-0.3, -0.25) is 9.69 Å². The molecule has 0 atom stereocenters. The summed E-state index contributed by atoms with van der Waals surface area (Å²) >= 11 is 5.14. The number of nitrogens with one attached hydrogen (secondary N) is 1. The number of benzene rings is 1. The van der Waals surface area contributed by atoms with Gasteiger partial charge in [-0.2, -0.15) is 0 Å². The third-order valence-electron chi connectivity index (χ3n) is 3.17. The first-order valence-corrected chi connectivity index (χ1v) is 7.69. The van der Waals surface area contributed by atoms with E-state index in [1.807, 2.05) is 19.9 Å². The Morgan fingerprint density at radius 2 is 2.13 bits per heavy atom. The van der Waals surface area contributed by atoms with E-state index in [4.69, 9.17) is 28.1 Å². The summed E-state index contributed by atoms with van der Waals surface area (Å²) < 4.78 is 11.0. The maximum Gasteiger partial charge on any atom is 0.276 e. The molecule has 1 saturated heterocycles. The third-order valence-corrected chi connectivity index (χ3v) is 3.49. The van der Waals surface area contributed by atoms with Crippen molar-refractivity contribution in [3.63, 3.8) is 0 Å². The van der Waals surface area contributed by atoms with Crippen LogP contribution in [0.15, 0.2) is 23.9 Å². The van der Waals surface area contributed by atoms with Gasteiger partial charge in [0, 0.05) is 6.54 Å². The molecule has 5 nitrogen and oxygen atoms in total. The Bertz CT molecular complexity index is 692. The highest BCUT2D eigenvalue weighted by Crippen LogP contribution is 2.29. The van der Waals surface area contributed by atoms with E-state index in [0.29, 0.717) is 35.5 Å². The highest BCUT2D eigenvalue weighted by atomic mass is 32.1. The van der Waals surface area contributed by atoms with Gasteiger partial charge in [0.15, 0.2) is 16.6 Å². The molecular weight excluding hydrogens is 312 g/mol. The van der Waals surface area contributed by atoms with Crippen LogP contribution in [-0.4, -0.2) is 35.7 Å². The second kappa shape index (κ2) is 7.65. The van der Waals surface area contributed by atoms with E-state index in [-0.39, 0.29) is 12.5 Å². The van der Waals surface area contributed by atoms with Gasteiger partial charge in [0.2, 0.25) is 0 Å². The standard InChI is InChI=1S/C17H18N2O3S/c1-4-9-22-14-8-7-12(11-15(14)21-6-3)10-13-16(20)19(5-2)17(23)18-13/h1,7-8,10-11H,5-6,9H2,2-3H3,(H,18,23)/b13-10-. The van der Waals surface area contributed by atoms with Gasteiger partial charge in [-0.25, -0.2) is 0 Å². The van der Waals surface area contributed by atoms with Crippen LogP contribution in [0.4, 0.5) is 0 Å². The highest BCUT2D eigenvalue weighted by molar-refractivity contribution is 7.80. The predicted octanol–water partition coefficient (Wildman–Crippen LogP) is 2.17. The number of hydrogen-bond acceptors (Lipinski definition) is 4. The molecule has 0 unspecified atom stereocenters. The van der Waals surface area contributed by atoms with Crippen molar-refractivity contribution in [1.82, 2.24) is 10.2 Å². The summed E-state index contributed by atoms with van der Waals surface area (Å²) in [7, 11) is 0. The van der Waals surface area contributed by atoms with Crippen molar-refractivity contribution in [3.8, 4) is 23.8 Å². The Morgan fingerprint density at radius 3 is 2.74 bits per heavy atom. The minimum absolute atomic E-state index is 0.136. The quantitative estimate of drug-likeness (QED) is 0.492. The Hall–Kier alpha value is -2.52. The van der Waals surface area contributed by atoms with Crippen molar-refractivity contribution >= 4 is 29.3 Å². The summed E-state index contributed by atoms with van der Waals surface area (Å²) in [5.41, 5.74) is 1.25. The topological polar surface area (TPSA) is 50.8 Å². The molecule has 0 radical (unpaired) electrons. The number of carbonyl (C=O) groups excluding carboxylic acids is 1. The molecule has 1 amide bonds. The molecule has 1 aliphatic heterocycles. The number of thiocarbonyl (C=S) groups is 1. The Kier molecular flexibility index (Phi) is 5.61. The fourth-order valence-electron chi connectivity index (χ4n) is 2.15. The van der Waals surface area contributed by atoms with E-state index in [1.54, 1.807) is 18.2 Å². The zero-order chi connectivity index (χ0) is 16.8. The summed E-state index contributed by atoms with van der Waals surface area (Å²) in [6.45, 7) is 4.96. The molecule has 0 bridgehead atoms. The van der Waals surface area contributed by atoms with Crippen molar-refractivity contribution in [3.05, 3.63) is 29.5 Å². The normalized spacial score (nSPS) is 15.5. The molecule has 1 fully saturated rings. The molecule has 6 heteroatoms. The Balaban J connectivity index is 2.28. The molecule has 1 aromatic rings. The summed E-state index contributed by atoms with van der Waals surface area (Å²) in [6, 6.07) is 5.40. The number of amides is 1. The average molecular weight is 330 g/mol. The van der Waals surface area contributed by atoms with Crippen LogP contribution in [0.2, 0.25) is 0 Å². The summed E-state index contributed by atoms with van der Waals surface area (Å²) in [4.78, 5) is 13.7. The molecule has 1 N–H and O–H groups in total. The first-order chi connectivity index (χ1) is 11.1. The second-order valence-electron chi connectivity index (χ2n) is 4.67. The number of likely N-dealkylation sites (N-methyl/N-ethyl adjacent to an activating group) is 1. The lowest BCUT2D eigenvalue weighted by atomic mass is 10.1. The van der Waals surface area contributed by atoms with Crippen LogP contribution < -0.4 is 14.8 Å². The highest BCUT2D eigenvalue weighted by Gasteiger charge is 2.29. The smallest absolute Gasteiger partial charge is 0.276 e. The molecule has 0 saturated carbocycles. The van der Waals surface area contributed by atoms with E-state index in [2.05, 4.69) is 11.2 Å². The molecule has 0 aliphatic carbocycles. The predicted molar refractivity (Wildman–Crippen MR) is 93.0 cm³/mol. The van der Waals surface area contributed by atoms with Crippen molar-refractivity contribution < 1.29 is 14.3 Å². The second-order valence-corrected chi connectivity index (χ2v) is 5.06. The number of nitrogens with zero attached hydrogens (tertiary/aromatic N) is 1. The van der Waals surface area contributed by atoms with Gasteiger partial charge < -0.3 is 14.8 Å². The van der Waals surface area contributed by atoms with E-state index in [9.17, 15) is 4.79 Å². The zero-order valence-electron chi connectivity index (χ0n) is 13.1. The lowest BCUT2D eigenvalue weighted by Crippen LogP contribution is -2.30. The molecule has 0 aromatic heterocycles. The lowest BCUT2D eigenvalue weighted by molar-refractivity contribution is -0.122. The van der Waals surface area contributed by atoms with Gasteiger partial charge in [-0.05, 0) is 49.8 Å². The van der Waals surface area contributed by atoms with Crippen molar-refractivity contribution in [2.24, 2.45) is 0 Å². The number of rotatable bonds is 6. The van der Waals surface area contributed by atoms with Crippen LogP contribution in [0.3, 0.4) is 0 Å². The summed E-state index contributed by atoms with van der Waals surface area (Å²) in [5.74, 6) is 3.43. The van der Waals surface area contributed by atoms with Crippen LogP contribution in [0.5, 0.6) is 11.5 Å². The van der Waals surface area contributed by atoms with Crippen molar-refractivity contribution in [2.75, 3.05) is 19.8 Å². The van der Waals surface area contributed by atoms with E-state index in [1.165, 1.54) is 4.90 Å². The minimum Gasteiger partial charge on any atom is -0.490 e. The minimum atomic E-state index is -0.136. The van der Waals surface area contributed by atoms with Gasteiger partial charge in [-0.15, -0.1) is 6.42 Å². The average Bonchev–Trinajstić information content (AvgIpc) is 2.80. The molecule has 23 heavy (non-hydrogen) atoms. The van der Waals surface area contributed by atoms with Gasteiger partial charge in [-0.1, -0.05) is 12.0 Å². The summed E-state index contributed by atoms with van der Waals surface area (Å²) in [5, 5.41) is 3.34. The molecule has 0 spiro atoms. The molecule has 1 aromatic carbocycles. The first-order valence-electron chi connectivity index (χ1n) is 7.28. The van der Waals surface area contributed by atoms with Gasteiger partial charge >= 0.3 is 0 Å². The van der Waals surface area contributed by atoms with Crippen molar-refractivity contribution in [2.45, 2.75) is 13.8 Å². The van der Waals surface area contributed by atoms with E-state index >= 15 is 0 Å². The largest absolute Gasteiger partial charge is 0.490 e. The molecular formula is C17H18N2O3S. The Labute approximate surface area is 141 Å². The molecule has 120 valence electrons. The third kappa shape index (κ3) is 3.82. The monoisotopic (exact) mass is 330 g/mol. The molecule has 1 aliphatic rings. The Morgan fingerprint density at radius 1 is 1.35 bits per heavy atom. The number of terminal acetylenes is 1. The molecule has 2 rings (SSSR count). The van der Waals surface area contributed by atoms with Crippen LogP contribution in [-0.2, 0) is 4.79 Å². The van der Waals surface area contributed by atoms with E-state index < -0.39 is 0 Å². The lowest BCUT2D eigenvalue weighted by Gasteiger charge is -2.11. The van der Waals surface area contributed by atoms with Gasteiger partial charge in [0.1, 0.15) is 12.3 Å². The molecule has 1 heterocycles. The SMILES string of the molecule is C#CCOc1ccc(/C=C2\NC(=S)N(CC)C2=O)cc1OCC. The van der Waals surface area contributed by atoms with Crippen LogP contribution in [0.25, 0.3) is 6.08 Å².